The fourth-order valence-electron chi connectivity index (χ4n) is 1.76. The van der Waals surface area contributed by atoms with Gasteiger partial charge in [-0.25, -0.2) is 4.79 Å². The first-order valence-electron chi connectivity index (χ1n) is 6.37. The first kappa shape index (κ1) is 17.7. The van der Waals surface area contributed by atoms with Gasteiger partial charge in [0.2, 0.25) is 0 Å². The Labute approximate surface area is 126 Å². The lowest BCUT2D eigenvalue weighted by Crippen LogP contribution is -2.17. The molecule has 0 heterocycles. The summed E-state index contributed by atoms with van der Waals surface area (Å²) in [7, 11) is 2.93. The molecule has 7 heteroatoms. The lowest BCUT2D eigenvalue weighted by Gasteiger charge is -2.20. The molecule has 1 rings (SSSR count). The smallest absolute Gasteiger partial charge is 0.418 e. The second kappa shape index (κ2) is 7.11. The number of carbonyl (C=O) groups excluding carboxylic acids is 2. The van der Waals surface area contributed by atoms with Crippen LogP contribution in [0.15, 0.2) is 30.9 Å². The van der Waals surface area contributed by atoms with Crippen LogP contribution in [0.4, 0.5) is 18.9 Å². The van der Waals surface area contributed by atoms with Crippen molar-refractivity contribution < 1.29 is 27.5 Å². The monoisotopic (exact) mass is 315 g/mol. The Kier molecular flexibility index (Phi) is 5.73. The quantitative estimate of drug-likeness (QED) is 0.460. The standard InChI is InChI=1S/C15H16F3NO3/c1-4-14(21)22-8-7-13(20)10-5-6-11(15(16,17)18)12(9-10)19(2)3/h4-6,9H,1,7-8H2,2-3H3. The van der Waals surface area contributed by atoms with E-state index in [2.05, 4.69) is 11.3 Å². The van der Waals surface area contributed by atoms with E-state index >= 15 is 0 Å². The maximum atomic E-state index is 12.9. The van der Waals surface area contributed by atoms with Crippen molar-refractivity contribution in [2.24, 2.45) is 0 Å². The van der Waals surface area contributed by atoms with Crippen molar-refractivity contribution in [2.45, 2.75) is 12.6 Å². The lowest BCUT2D eigenvalue weighted by molar-refractivity contribution is -0.138. The molecule has 0 aliphatic rings. The number of ether oxygens (including phenoxy) is 1. The van der Waals surface area contributed by atoms with E-state index in [1.807, 2.05) is 0 Å². The third kappa shape index (κ3) is 4.61. The maximum Gasteiger partial charge on any atom is 0.418 e. The van der Waals surface area contributed by atoms with Gasteiger partial charge in [0, 0.05) is 37.8 Å². The van der Waals surface area contributed by atoms with Gasteiger partial charge < -0.3 is 9.64 Å². The number of carbonyl (C=O) groups is 2. The number of halogens is 3. The van der Waals surface area contributed by atoms with Crippen LogP contribution >= 0.6 is 0 Å². The molecule has 0 radical (unpaired) electrons. The van der Waals surface area contributed by atoms with Crippen molar-refractivity contribution in [3.63, 3.8) is 0 Å². The number of benzene rings is 1. The van der Waals surface area contributed by atoms with Crippen LogP contribution in [0, 0.1) is 0 Å². The zero-order chi connectivity index (χ0) is 16.9. The number of rotatable bonds is 6. The summed E-state index contributed by atoms with van der Waals surface area (Å²) in [4.78, 5) is 24.1. The molecule has 0 atom stereocenters. The van der Waals surface area contributed by atoms with Gasteiger partial charge in [-0.1, -0.05) is 12.6 Å². The van der Waals surface area contributed by atoms with Crippen LogP contribution in [-0.2, 0) is 15.7 Å². The van der Waals surface area contributed by atoms with E-state index in [1.54, 1.807) is 0 Å². The number of hydrogen-bond acceptors (Lipinski definition) is 4. The molecule has 0 N–H and O–H groups in total. The van der Waals surface area contributed by atoms with Gasteiger partial charge in [0.15, 0.2) is 5.78 Å². The SMILES string of the molecule is C=CC(=O)OCCC(=O)c1ccc(C(F)(F)F)c(N(C)C)c1. The summed E-state index contributed by atoms with van der Waals surface area (Å²) in [5.41, 5.74) is -0.778. The Morgan fingerprint density at radius 2 is 1.95 bits per heavy atom. The lowest BCUT2D eigenvalue weighted by atomic mass is 10.0. The molecule has 0 amide bonds. The van der Waals surface area contributed by atoms with Gasteiger partial charge in [-0.05, 0) is 12.1 Å². The Bertz CT molecular complexity index is 580. The fourth-order valence-corrected chi connectivity index (χ4v) is 1.76. The van der Waals surface area contributed by atoms with Crippen LogP contribution in [0.1, 0.15) is 22.3 Å². The third-order valence-electron chi connectivity index (χ3n) is 2.85. The van der Waals surface area contributed by atoms with Gasteiger partial charge in [-0.3, -0.25) is 4.79 Å². The highest BCUT2D eigenvalue weighted by molar-refractivity contribution is 5.97. The number of esters is 1. The fraction of sp³-hybridized carbons (Fsp3) is 0.333. The molecule has 0 aliphatic carbocycles. The minimum Gasteiger partial charge on any atom is -0.462 e. The highest BCUT2D eigenvalue weighted by Gasteiger charge is 2.34. The Morgan fingerprint density at radius 1 is 1.32 bits per heavy atom. The molecule has 0 aliphatic heterocycles. The summed E-state index contributed by atoms with van der Waals surface area (Å²) in [6.45, 7) is 3.06. The summed E-state index contributed by atoms with van der Waals surface area (Å²) in [5.74, 6) is -1.07. The van der Waals surface area contributed by atoms with E-state index in [9.17, 15) is 22.8 Å². The van der Waals surface area contributed by atoms with Crippen molar-refractivity contribution >= 4 is 17.4 Å². The Balaban J connectivity index is 2.92. The molecule has 0 fully saturated rings. The molecule has 0 unspecified atom stereocenters. The second-order valence-electron chi connectivity index (χ2n) is 4.67. The molecule has 0 aromatic heterocycles. The topological polar surface area (TPSA) is 46.6 Å². The first-order valence-corrected chi connectivity index (χ1v) is 6.37. The van der Waals surface area contributed by atoms with E-state index in [0.29, 0.717) is 0 Å². The van der Waals surface area contributed by atoms with Crippen LogP contribution < -0.4 is 4.90 Å². The van der Waals surface area contributed by atoms with Crippen LogP contribution in [0.25, 0.3) is 0 Å². The van der Waals surface area contributed by atoms with E-state index in [-0.39, 0.29) is 24.3 Å². The Morgan fingerprint density at radius 3 is 2.45 bits per heavy atom. The van der Waals surface area contributed by atoms with Gasteiger partial charge in [0.25, 0.3) is 0 Å². The molecule has 120 valence electrons. The van der Waals surface area contributed by atoms with Crippen molar-refractivity contribution in [1.82, 2.24) is 0 Å². The summed E-state index contributed by atoms with van der Waals surface area (Å²) in [6, 6.07) is 3.17. The number of alkyl halides is 3. The zero-order valence-corrected chi connectivity index (χ0v) is 12.2. The summed E-state index contributed by atoms with van der Waals surface area (Å²) in [6.07, 6.45) is -3.65. The maximum absolute atomic E-state index is 12.9. The number of hydrogen-bond donors (Lipinski definition) is 0. The highest BCUT2D eigenvalue weighted by atomic mass is 19.4. The summed E-state index contributed by atoms with van der Waals surface area (Å²) >= 11 is 0. The van der Waals surface area contributed by atoms with Gasteiger partial charge in [-0.15, -0.1) is 0 Å². The van der Waals surface area contributed by atoms with Crippen molar-refractivity contribution in [3.8, 4) is 0 Å². The summed E-state index contributed by atoms with van der Waals surface area (Å²) in [5, 5.41) is 0. The van der Waals surface area contributed by atoms with Crippen LogP contribution in [0.3, 0.4) is 0 Å². The minimum atomic E-state index is -4.50. The number of Topliss-reactive ketones (excluding diaryl/α,β-unsaturated/α-hetero) is 1. The molecular weight excluding hydrogens is 299 g/mol. The van der Waals surface area contributed by atoms with E-state index in [0.717, 1.165) is 18.2 Å². The molecule has 1 aromatic rings. The third-order valence-corrected chi connectivity index (χ3v) is 2.85. The van der Waals surface area contributed by atoms with Gasteiger partial charge >= 0.3 is 12.1 Å². The van der Waals surface area contributed by atoms with Gasteiger partial charge in [0.05, 0.1) is 12.2 Å². The Hall–Kier alpha value is -2.31. The predicted octanol–water partition coefficient (Wildman–Crippen LogP) is 3.07. The largest absolute Gasteiger partial charge is 0.462 e. The molecule has 22 heavy (non-hydrogen) atoms. The number of nitrogens with zero attached hydrogens (tertiary/aromatic N) is 1. The van der Waals surface area contributed by atoms with Gasteiger partial charge in [-0.2, -0.15) is 13.2 Å². The molecule has 0 saturated carbocycles. The van der Waals surface area contributed by atoms with Crippen molar-refractivity contribution in [1.29, 1.82) is 0 Å². The summed E-state index contributed by atoms with van der Waals surface area (Å²) < 4.78 is 43.4. The molecule has 4 nitrogen and oxygen atoms in total. The number of ketones is 1. The van der Waals surface area contributed by atoms with E-state index < -0.39 is 23.5 Å². The van der Waals surface area contributed by atoms with Crippen LogP contribution in [0.5, 0.6) is 0 Å². The molecule has 0 bridgehead atoms. The second-order valence-corrected chi connectivity index (χ2v) is 4.67. The average molecular weight is 315 g/mol. The molecule has 1 aromatic carbocycles. The van der Waals surface area contributed by atoms with Crippen LogP contribution in [-0.4, -0.2) is 32.5 Å². The molecule has 0 spiro atoms. The predicted molar refractivity (Wildman–Crippen MR) is 75.9 cm³/mol. The minimum absolute atomic E-state index is 0.0959. The first-order chi connectivity index (χ1) is 10.2. The molecule has 0 saturated heterocycles. The molecular formula is C15H16F3NO3. The van der Waals surface area contributed by atoms with E-state index in [1.165, 1.54) is 25.1 Å². The highest BCUT2D eigenvalue weighted by Crippen LogP contribution is 2.36. The zero-order valence-electron chi connectivity index (χ0n) is 12.2. The number of anilines is 1. The average Bonchev–Trinajstić information content (AvgIpc) is 2.45. The normalized spacial score (nSPS) is 11.0. The van der Waals surface area contributed by atoms with Crippen molar-refractivity contribution in [3.05, 3.63) is 42.0 Å². The van der Waals surface area contributed by atoms with E-state index in [4.69, 9.17) is 0 Å². The van der Waals surface area contributed by atoms with Crippen molar-refractivity contribution in [2.75, 3.05) is 25.6 Å². The van der Waals surface area contributed by atoms with Gasteiger partial charge in [0.1, 0.15) is 0 Å². The van der Waals surface area contributed by atoms with Crippen LogP contribution in [0.2, 0.25) is 0 Å².